The minimum absolute atomic E-state index is 0.100. The zero-order chi connectivity index (χ0) is 47.2. The molecule has 0 aromatic heterocycles. The second kappa shape index (κ2) is 21.0. The molecule has 4 aliphatic rings. The number of rotatable bonds is 18. The van der Waals surface area contributed by atoms with Crippen LogP contribution in [0.15, 0.2) is 121 Å². The molecule has 69 heavy (non-hydrogen) atoms. The van der Waals surface area contributed by atoms with E-state index >= 15 is 0 Å². The number of carbonyl (C=O) groups is 2. The predicted molar refractivity (Wildman–Crippen MR) is 283 cm³/mol. The highest BCUT2D eigenvalue weighted by atomic mass is 17.2. The van der Waals surface area contributed by atoms with Crippen LogP contribution in [0, 0.1) is 0 Å². The maximum absolute atomic E-state index is 12.9. The normalized spacial score (nSPS) is 16.7. The van der Waals surface area contributed by atoms with Crippen molar-refractivity contribution in [3.8, 4) is 5.75 Å². The summed E-state index contributed by atoms with van der Waals surface area (Å²) in [4.78, 5) is 42.0. The lowest BCUT2D eigenvalue weighted by Crippen LogP contribution is -2.28. The highest BCUT2D eigenvalue weighted by Crippen LogP contribution is 2.56. The van der Waals surface area contributed by atoms with Gasteiger partial charge in [-0.25, -0.2) is 0 Å². The van der Waals surface area contributed by atoms with E-state index in [0.717, 1.165) is 130 Å². The maximum atomic E-state index is 12.9. The highest BCUT2D eigenvalue weighted by molar-refractivity contribution is 5.96. The zero-order valence-electron chi connectivity index (χ0n) is 40.6. The van der Waals surface area contributed by atoms with Crippen molar-refractivity contribution in [2.75, 3.05) is 22.9 Å². The number of hydrogen-bond acceptors (Lipinski definition) is 4. The number of carbonyl (C=O) groups excluding carboxylic acids is 2. The molecule has 2 aliphatic heterocycles. The molecule has 2 heterocycles. The molecule has 0 saturated heterocycles. The predicted octanol–water partition coefficient (Wildman–Crippen LogP) is 14.2. The molecule has 352 valence electrons. The third-order valence-corrected chi connectivity index (χ3v) is 15.2. The van der Waals surface area contributed by atoms with Gasteiger partial charge < -0.3 is 14.7 Å². The zero-order valence-corrected chi connectivity index (χ0v) is 40.6. The standard InChI is InChI=1S/C63H66N2O4/c1-3-5-7-15-59(66)64-39-35-53-41-48(29-31-56(53)64)25-19-45-17-23-47(24-18-45)43-55-13-9-11-51-33-37-63(61(51)55)38-34-52-12-10-14-58(62(52)63)69-68-44-50-27-21-46(22-28-50)20-26-49-30-32-57-54(42-49)36-40-65(57)60(67)16-8-6-4-2/h9-14,17-32,41-42H,3-8,15-16,33-40,43-44H2,1-2H3/b25-19+,26-20+. The number of aryl methyl sites for hydroxylation is 2. The first-order valence-corrected chi connectivity index (χ1v) is 25.8. The Morgan fingerprint density at radius 1 is 0.536 bits per heavy atom. The minimum atomic E-state index is -0.100. The summed E-state index contributed by atoms with van der Waals surface area (Å²) < 4.78 is 0. The molecule has 0 N–H and O–H groups in total. The van der Waals surface area contributed by atoms with E-state index in [2.05, 4.69) is 159 Å². The van der Waals surface area contributed by atoms with Gasteiger partial charge in [0.05, 0.1) is 0 Å². The molecule has 6 nitrogen and oxygen atoms in total. The fourth-order valence-corrected chi connectivity index (χ4v) is 11.6. The smallest absolute Gasteiger partial charge is 0.226 e. The molecular formula is C63H66N2O4. The van der Waals surface area contributed by atoms with Crippen molar-refractivity contribution in [2.45, 2.75) is 122 Å². The average Bonchev–Trinajstić information content (AvgIpc) is 4.19. The molecule has 6 aromatic rings. The second-order valence-electron chi connectivity index (χ2n) is 19.8. The van der Waals surface area contributed by atoms with Gasteiger partial charge in [0, 0.05) is 48.3 Å². The van der Waals surface area contributed by atoms with Gasteiger partial charge in [-0.05, 0) is 155 Å². The number of hydrogen-bond donors (Lipinski definition) is 0. The van der Waals surface area contributed by atoms with E-state index < -0.39 is 0 Å². The summed E-state index contributed by atoms with van der Waals surface area (Å²) in [5.41, 5.74) is 18.5. The van der Waals surface area contributed by atoms with Gasteiger partial charge in [-0.15, -0.1) is 0 Å². The first kappa shape index (κ1) is 46.2. The second-order valence-corrected chi connectivity index (χ2v) is 19.8. The number of fused-ring (bicyclic) bond motifs is 6. The molecule has 6 heteroatoms. The molecule has 0 saturated carbocycles. The summed E-state index contributed by atoms with van der Waals surface area (Å²) in [7, 11) is 0. The largest absolute Gasteiger partial charge is 0.337 e. The van der Waals surface area contributed by atoms with Crippen LogP contribution in [0.1, 0.15) is 150 Å². The van der Waals surface area contributed by atoms with Gasteiger partial charge in [0.1, 0.15) is 6.61 Å². The van der Waals surface area contributed by atoms with Crippen molar-refractivity contribution >= 4 is 47.5 Å². The third-order valence-electron chi connectivity index (χ3n) is 15.2. The monoisotopic (exact) mass is 915 g/mol. The number of nitrogens with zero attached hydrogens (tertiary/aromatic N) is 2. The van der Waals surface area contributed by atoms with E-state index in [-0.39, 0.29) is 17.2 Å². The van der Waals surface area contributed by atoms with Crippen molar-refractivity contribution in [3.63, 3.8) is 0 Å². The SMILES string of the molecule is CCCCCC(=O)N1CCc2cc(/C=C/c3ccc(COOc4cccc5c4C4(CCc6cccc(Cc7ccc(/C=C/c8ccc9c(c8)CCN9C(=O)CCCCC)cc7)c64)CC5)cc3)ccc21. The lowest BCUT2D eigenvalue weighted by Gasteiger charge is -2.30. The Kier molecular flexibility index (Phi) is 14.1. The molecule has 6 aromatic carbocycles. The molecule has 10 rings (SSSR count). The maximum Gasteiger partial charge on any atom is 0.226 e. The lowest BCUT2D eigenvalue weighted by molar-refractivity contribution is -0.218. The van der Waals surface area contributed by atoms with Gasteiger partial charge >= 0.3 is 0 Å². The van der Waals surface area contributed by atoms with Gasteiger partial charge in [0.15, 0.2) is 5.75 Å². The van der Waals surface area contributed by atoms with Crippen molar-refractivity contribution in [1.82, 2.24) is 0 Å². The van der Waals surface area contributed by atoms with Crippen LogP contribution in [0.5, 0.6) is 5.75 Å². The Morgan fingerprint density at radius 3 is 1.61 bits per heavy atom. The van der Waals surface area contributed by atoms with Crippen LogP contribution in [0.3, 0.4) is 0 Å². The van der Waals surface area contributed by atoms with E-state index in [4.69, 9.17) is 9.78 Å². The van der Waals surface area contributed by atoms with Crippen LogP contribution >= 0.6 is 0 Å². The van der Waals surface area contributed by atoms with Gasteiger partial charge in [0.25, 0.3) is 0 Å². The summed E-state index contributed by atoms with van der Waals surface area (Å²) in [6, 6.07) is 43.8. The van der Waals surface area contributed by atoms with Crippen molar-refractivity contribution in [2.24, 2.45) is 0 Å². The Hall–Kier alpha value is -6.50. The van der Waals surface area contributed by atoms with E-state index in [1.807, 2.05) is 9.80 Å². The molecule has 0 radical (unpaired) electrons. The highest BCUT2D eigenvalue weighted by Gasteiger charge is 2.48. The third kappa shape index (κ3) is 10.0. The number of unbranched alkanes of at least 4 members (excludes halogenated alkanes) is 4. The first-order chi connectivity index (χ1) is 33.9. The van der Waals surface area contributed by atoms with Gasteiger partial charge in [-0.1, -0.05) is 155 Å². The Morgan fingerprint density at radius 2 is 1.04 bits per heavy atom. The summed E-state index contributed by atoms with van der Waals surface area (Å²) in [6.07, 6.45) is 23.3. The molecule has 2 amide bonds. The van der Waals surface area contributed by atoms with Crippen molar-refractivity contribution in [3.05, 3.63) is 194 Å². The summed E-state index contributed by atoms with van der Waals surface area (Å²) in [6.45, 7) is 6.26. The molecule has 1 spiro atoms. The molecule has 1 unspecified atom stereocenters. The van der Waals surface area contributed by atoms with E-state index in [1.54, 1.807) is 0 Å². The van der Waals surface area contributed by atoms with Crippen LogP contribution < -0.4 is 14.7 Å². The molecular weight excluding hydrogens is 849 g/mol. The fraction of sp³-hybridized carbons (Fsp3) is 0.333. The van der Waals surface area contributed by atoms with E-state index in [9.17, 15) is 9.59 Å². The van der Waals surface area contributed by atoms with Crippen LogP contribution in [0.25, 0.3) is 24.3 Å². The van der Waals surface area contributed by atoms with Gasteiger partial charge in [0.2, 0.25) is 11.8 Å². The van der Waals surface area contributed by atoms with Crippen LogP contribution in [0.2, 0.25) is 0 Å². The molecule has 0 fully saturated rings. The average molecular weight is 915 g/mol. The van der Waals surface area contributed by atoms with Crippen LogP contribution in [-0.4, -0.2) is 24.9 Å². The Balaban J connectivity index is 0.765. The van der Waals surface area contributed by atoms with Crippen LogP contribution in [-0.2, 0) is 58.6 Å². The Bertz CT molecular complexity index is 2870. The summed E-state index contributed by atoms with van der Waals surface area (Å²) in [5.74, 6) is 1.34. The number of anilines is 2. The first-order valence-electron chi connectivity index (χ1n) is 25.8. The molecule has 0 bridgehead atoms. The van der Waals surface area contributed by atoms with Crippen molar-refractivity contribution in [1.29, 1.82) is 0 Å². The summed E-state index contributed by atoms with van der Waals surface area (Å²) >= 11 is 0. The number of benzene rings is 6. The molecule has 1 atom stereocenters. The van der Waals surface area contributed by atoms with Gasteiger partial charge in [-0.3, -0.25) is 9.59 Å². The minimum Gasteiger partial charge on any atom is -0.337 e. The lowest BCUT2D eigenvalue weighted by atomic mass is 9.74. The van der Waals surface area contributed by atoms with Gasteiger partial charge in [-0.2, -0.15) is 4.89 Å². The summed E-state index contributed by atoms with van der Waals surface area (Å²) in [5, 5.41) is 0. The topological polar surface area (TPSA) is 59.1 Å². The van der Waals surface area contributed by atoms with E-state index in [0.29, 0.717) is 19.4 Å². The van der Waals surface area contributed by atoms with Crippen LogP contribution in [0.4, 0.5) is 11.4 Å². The Labute approximate surface area is 409 Å². The quantitative estimate of drug-likeness (QED) is 0.0373. The van der Waals surface area contributed by atoms with E-state index in [1.165, 1.54) is 55.6 Å². The fourth-order valence-electron chi connectivity index (χ4n) is 11.6. The van der Waals surface area contributed by atoms with Crippen molar-refractivity contribution < 1.29 is 19.4 Å². The molecule has 2 aliphatic carbocycles. The number of amides is 2.